The molecule has 7 heteroatoms. The maximum atomic E-state index is 13.0. The molecule has 0 unspecified atom stereocenters. The molecule has 0 radical (unpaired) electrons. The second-order valence-electron chi connectivity index (χ2n) is 7.48. The van der Waals surface area contributed by atoms with Crippen LogP contribution in [0.5, 0.6) is 0 Å². The van der Waals surface area contributed by atoms with Crippen LogP contribution in [0, 0.1) is 5.92 Å². The van der Waals surface area contributed by atoms with Gasteiger partial charge in [0.15, 0.2) is 0 Å². The van der Waals surface area contributed by atoms with Crippen LogP contribution in [0.3, 0.4) is 0 Å². The predicted molar refractivity (Wildman–Crippen MR) is 116 cm³/mol. The maximum absolute atomic E-state index is 13.0. The highest BCUT2D eigenvalue weighted by atomic mass is 32.2. The molecule has 0 saturated carbocycles. The van der Waals surface area contributed by atoms with Crippen LogP contribution in [-0.2, 0) is 10.0 Å². The highest BCUT2D eigenvalue weighted by Gasteiger charge is 2.24. The van der Waals surface area contributed by atoms with Gasteiger partial charge in [-0.25, -0.2) is 13.1 Å². The molecular weight excluding hydrogens is 392 g/mol. The average Bonchev–Trinajstić information content (AvgIpc) is 2.73. The molecule has 5 nitrogen and oxygen atoms in total. The first-order valence-corrected chi connectivity index (χ1v) is 13.1. The third-order valence-electron chi connectivity index (χ3n) is 5.46. The molecular formula is C21H34N2O3S2. The number of hydrogen-bond donors (Lipinski definition) is 1. The Hall–Kier alpha value is -1.05. The molecule has 0 spiro atoms. The Morgan fingerprint density at radius 3 is 2.54 bits per heavy atom. The number of carbonyl (C=O) groups is 1. The lowest BCUT2D eigenvalue weighted by Crippen LogP contribution is -2.36. The fourth-order valence-corrected chi connectivity index (χ4v) is 5.26. The normalized spacial score (nSPS) is 16.2. The molecule has 1 aromatic carbocycles. The van der Waals surface area contributed by atoms with Crippen LogP contribution in [-0.4, -0.2) is 45.1 Å². The number of nitrogens with zero attached hydrogens (tertiary/aromatic N) is 1. The number of amides is 1. The van der Waals surface area contributed by atoms with Gasteiger partial charge in [-0.2, -0.15) is 0 Å². The first kappa shape index (κ1) is 23.2. The first-order valence-electron chi connectivity index (χ1n) is 10.4. The van der Waals surface area contributed by atoms with E-state index in [9.17, 15) is 13.2 Å². The summed E-state index contributed by atoms with van der Waals surface area (Å²) >= 11 is 1.48. The topological polar surface area (TPSA) is 66.5 Å². The number of hydrogen-bond acceptors (Lipinski definition) is 4. The number of unbranched alkanes of at least 4 members (excludes halogenated alkanes) is 1. The van der Waals surface area contributed by atoms with Gasteiger partial charge < -0.3 is 4.90 Å². The van der Waals surface area contributed by atoms with Crippen molar-refractivity contribution in [3.05, 3.63) is 23.8 Å². The molecule has 28 heavy (non-hydrogen) atoms. The molecule has 0 aliphatic carbocycles. The van der Waals surface area contributed by atoms with E-state index in [1.54, 1.807) is 18.2 Å². The van der Waals surface area contributed by atoms with Crippen molar-refractivity contribution < 1.29 is 13.2 Å². The summed E-state index contributed by atoms with van der Waals surface area (Å²) in [6, 6.07) is 4.91. The Morgan fingerprint density at radius 1 is 1.21 bits per heavy atom. The molecule has 1 atom stereocenters. The summed E-state index contributed by atoms with van der Waals surface area (Å²) in [5.41, 5.74) is 0.496. The fourth-order valence-electron chi connectivity index (χ4n) is 3.54. The van der Waals surface area contributed by atoms with Gasteiger partial charge in [-0.1, -0.05) is 33.1 Å². The Labute approximate surface area is 174 Å². The molecule has 1 aliphatic heterocycles. The van der Waals surface area contributed by atoms with Crippen LogP contribution in [0.4, 0.5) is 0 Å². The van der Waals surface area contributed by atoms with E-state index < -0.39 is 10.0 Å². The van der Waals surface area contributed by atoms with Crippen molar-refractivity contribution in [2.24, 2.45) is 5.92 Å². The maximum Gasteiger partial charge on any atom is 0.255 e. The summed E-state index contributed by atoms with van der Waals surface area (Å²) in [6.45, 7) is 6.18. The van der Waals surface area contributed by atoms with Gasteiger partial charge in [0.2, 0.25) is 10.0 Å². The van der Waals surface area contributed by atoms with Crippen molar-refractivity contribution >= 4 is 27.7 Å². The number of piperidine rings is 1. The van der Waals surface area contributed by atoms with E-state index in [4.69, 9.17) is 0 Å². The number of rotatable bonds is 10. The zero-order valence-corrected chi connectivity index (χ0v) is 19.0. The van der Waals surface area contributed by atoms with Crippen LogP contribution < -0.4 is 4.72 Å². The largest absolute Gasteiger partial charge is 0.339 e. The van der Waals surface area contributed by atoms with E-state index >= 15 is 0 Å². The molecule has 1 amide bonds. The van der Waals surface area contributed by atoms with Gasteiger partial charge in [0.1, 0.15) is 0 Å². The van der Waals surface area contributed by atoms with E-state index in [0.29, 0.717) is 18.0 Å². The summed E-state index contributed by atoms with van der Waals surface area (Å²) in [4.78, 5) is 15.8. The first-order chi connectivity index (χ1) is 13.4. The standard InChI is InChI=1S/C21H34N2O3S2/c1-4-6-10-17(5-2)16-22-28(25,26)18-11-12-20(27-3)19(15-18)21(24)23-13-8-7-9-14-23/h11-12,15,17,22H,4-10,13-14,16H2,1-3H3/t17-/m0/s1. The van der Waals surface area contributed by atoms with Crippen molar-refractivity contribution in [2.75, 3.05) is 25.9 Å². The molecule has 1 aromatic rings. The SMILES string of the molecule is CCCC[C@H](CC)CNS(=O)(=O)c1ccc(SC)c(C(=O)N2CCCCC2)c1. The van der Waals surface area contributed by atoms with E-state index in [-0.39, 0.29) is 10.8 Å². The van der Waals surface area contributed by atoms with Crippen LogP contribution in [0.2, 0.25) is 0 Å². The highest BCUT2D eigenvalue weighted by molar-refractivity contribution is 7.98. The quantitative estimate of drug-likeness (QED) is 0.558. The molecule has 1 N–H and O–H groups in total. The van der Waals surface area contributed by atoms with E-state index in [1.807, 2.05) is 11.2 Å². The summed E-state index contributed by atoms with van der Waals surface area (Å²) in [7, 11) is -3.63. The van der Waals surface area contributed by atoms with Gasteiger partial charge in [-0.15, -0.1) is 11.8 Å². The van der Waals surface area contributed by atoms with Gasteiger partial charge in [0.05, 0.1) is 10.5 Å². The van der Waals surface area contributed by atoms with Gasteiger partial charge in [0, 0.05) is 24.5 Å². The van der Waals surface area contributed by atoms with Crippen LogP contribution in [0.25, 0.3) is 0 Å². The van der Waals surface area contributed by atoms with E-state index in [0.717, 1.165) is 62.9 Å². The molecule has 158 valence electrons. The molecule has 1 heterocycles. The number of sulfonamides is 1. The minimum absolute atomic E-state index is 0.0597. The second kappa shape index (κ2) is 11.2. The molecule has 1 saturated heterocycles. The van der Waals surface area contributed by atoms with Crippen molar-refractivity contribution in [1.82, 2.24) is 9.62 Å². The summed E-state index contributed by atoms with van der Waals surface area (Å²) in [6.07, 6.45) is 9.28. The molecule has 0 aromatic heterocycles. The molecule has 1 aliphatic rings. The second-order valence-corrected chi connectivity index (χ2v) is 10.1. The van der Waals surface area contributed by atoms with Crippen molar-refractivity contribution in [1.29, 1.82) is 0 Å². The minimum Gasteiger partial charge on any atom is -0.339 e. The van der Waals surface area contributed by atoms with E-state index in [1.165, 1.54) is 11.8 Å². The van der Waals surface area contributed by atoms with Crippen LogP contribution >= 0.6 is 11.8 Å². The third-order valence-corrected chi connectivity index (χ3v) is 7.68. The lowest BCUT2D eigenvalue weighted by atomic mass is 10.00. The number of carbonyl (C=O) groups excluding carboxylic acids is 1. The van der Waals surface area contributed by atoms with Gasteiger partial charge in [-0.3, -0.25) is 4.79 Å². The summed E-state index contributed by atoms with van der Waals surface area (Å²) in [5, 5.41) is 0. The molecule has 0 bridgehead atoms. The average molecular weight is 427 g/mol. The summed E-state index contributed by atoms with van der Waals surface area (Å²) in [5.74, 6) is 0.283. The van der Waals surface area contributed by atoms with Crippen molar-refractivity contribution in [2.45, 2.75) is 68.6 Å². The zero-order chi connectivity index (χ0) is 20.6. The number of thioether (sulfide) groups is 1. The summed E-state index contributed by atoms with van der Waals surface area (Å²) < 4.78 is 28.4. The third kappa shape index (κ3) is 6.22. The number of nitrogens with one attached hydrogen (secondary N) is 1. The smallest absolute Gasteiger partial charge is 0.255 e. The van der Waals surface area contributed by atoms with Crippen molar-refractivity contribution in [3.8, 4) is 0 Å². The monoisotopic (exact) mass is 426 g/mol. The zero-order valence-electron chi connectivity index (χ0n) is 17.4. The minimum atomic E-state index is -3.63. The lowest BCUT2D eigenvalue weighted by Gasteiger charge is -2.27. The lowest BCUT2D eigenvalue weighted by molar-refractivity contribution is 0.0720. The van der Waals surface area contributed by atoms with Gasteiger partial charge in [0.25, 0.3) is 5.91 Å². The fraction of sp³-hybridized carbons (Fsp3) is 0.667. The molecule has 2 rings (SSSR count). The van der Waals surface area contributed by atoms with Gasteiger partial charge >= 0.3 is 0 Å². The highest BCUT2D eigenvalue weighted by Crippen LogP contribution is 2.26. The Morgan fingerprint density at radius 2 is 1.93 bits per heavy atom. The number of benzene rings is 1. The Kier molecular flexibility index (Phi) is 9.31. The van der Waals surface area contributed by atoms with Gasteiger partial charge in [-0.05, 0) is 56.1 Å². The van der Waals surface area contributed by atoms with Crippen LogP contribution in [0.1, 0.15) is 69.2 Å². The predicted octanol–water partition coefficient (Wildman–Crippen LogP) is 4.53. The van der Waals surface area contributed by atoms with E-state index in [2.05, 4.69) is 18.6 Å². The van der Waals surface area contributed by atoms with Crippen molar-refractivity contribution in [3.63, 3.8) is 0 Å². The Balaban J connectivity index is 2.19. The molecule has 1 fully saturated rings. The van der Waals surface area contributed by atoms with Crippen LogP contribution in [0.15, 0.2) is 28.0 Å². The number of likely N-dealkylation sites (tertiary alicyclic amines) is 1. The Bertz CT molecular complexity index is 744.